The number of ether oxygens (including phenoxy) is 2. The molecule has 0 aromatic heterocycles. The van der Waals surface area contributed by atoms with E-state index >= 15 is 0 Å². The fourth-order valence-corrected chi connectivity index (χ4v) is 1.98. The van der Waals surface area contributed by atoms with Gasteiger partial charge in [-0.3, -0.25) is 9.59 Å². The van der Waals surface area contributed by atoms with Gasteiger partial charge in [0, 0.05) is 19.2 Å². The smallest absolute Gasteiger partial charge is 0.308 e. The zero-order chi connectivity index (χ0) is 16.7. The Bertz CT molecular complexity index is 529. The Hall–Kier alpha value is -2.24. The Morgan fingerprint density at radius 3 is 2.32 bits per heavy atom. The van der Waals surface area contributed by atoms with Crippen LogP contribution in [0.15, 0.2) is 18.2 Å². The molecule has 0 bridgehead atoms. The molecule has 0 fully saturated rings. The molecule has 0 aliphatic carbocycles. The van der Waals surface area contributed by atoms with Crippen molar-refractivity contribution in [2.24, 2.45) is 5.92 Å². The van der Waals surface area contributed by atoms with Crippen LogP contribution >= 0.6 is 0 Å². The van der Waals surface area contributed by atoms with Crippen LogP contribution in [0.1, 0.15) is 31.1 Å². The molecule has 0 saturated heterocycles. The largest absolute Gasteiger partial charge is 0.490 e. The molecule has 122 valence electrons. The lowest BCUT2D eigenvalue weighted by molar-refractivity contribution is -0.141. The van der Waals surface area contributed by atoms with Gasteiger partial charge in [0.2, 0.25) is 0 Å². The Kier molecular flexibility index (Phi) is 6.69. The summed E-state index contributed by atoms with van der Waals surface area (Å²) in [5.41, 5.74) is 0.437. The van der Waals surface area contributed by atoms with Gasteiger partial charge in [-0.1, -0.05) is 6.92 Å². The van der Waals surface area contributed by atoms with Crippen LogP contribution in [0.4, 0.5) is 0 Å². The summed E-state index contributed by atoms with van der Waals surface area (Å²) >= 11 is 0. The number of benzene rings is 1. The van der Waals surface area contributed by atoms with Gasteiger partial charge in [0.1, 0.15) is 0 Å². The number of carbonyl (C=O) groups is 2. The average molecular weight is 309 g/mol. The van der Waals surface area contributed by atoms with E-state index in [2.05, 4.69) is 0 Å². The molecule has 6 nitrogen and oxygen atoms in total. The molecule has 22 heavy (non-hydrogen) atoms. The second kappa shape index (κ2) is 8.26. The zero-order valence-electron chi connectivity index (χ0n) is 13.5. The molecule has 0 saturated carbocycles. The van der Waals surface area contributed by atoms with Gasteiger partial charge >= 0.3 is 5.97 Å². The third-order valence-electron chi connectivity index (χ3n) is 3.11. The van der Waals surface area contributed by atoms with E-state index in [0.29, 0.717) is 30.3 Å². The lowest BCUT2D eigenvalue weighted by Gasteiger charge is -2.20. The fraction of sp³-hybridized carbons (Fsp3) is 0.500. The van der Waals surface area contributed by atoms with E-state index in [4.69, 9.17) is 14.6 Å². The highest BCUT2D eigenvalue weighted by atomic mass is 16.5. The number of hydrogen-bond donors (Lipinski definition) is 1. The number of carbonyl (C=O) groups excluding carboxylic acids is 1. The SMILES string of the molecule is CCOc1ccc(C(=O)N(C)CC(C)C(=O)O)cc1OCC. The van der Waals surface area contributed by atoms with Crippen LogP contribution in [-0.2, 0) is 4.79 Å². The van der Waals surface area contributed by atoms with Crippen LogP contribution in [-0.4, -0.2) is 48.7 Å². The third kappa shape index (κ3) is 4.65. The van der Waals surface area contributed by atoms with Crippen molar-refractivity contribution in [2.45, 2.75) is 20.8 Å². The molecule has 1 N–H and O–H groups in total. The standard InChI is InChI=1S/C16H23NO5/c1-5-21-13-8-7-12(9-14(13)22-6-2)15(18)17(4)10-11(3)16(19)20/h7-9,11H,5-6,10H2,1-4H3,(H,19,20). The summed E-state index contributed by atoms with van der Waals surface area (Å²) in [6.45, 7) is 6.40. The summed E-state index contributed by atoms with van der Waals surface area (Å²) in [5, 5.41) is 8.92. The van der Waals surface area contributed by atoms with Crippen LogP contribution in [0, 0.1) is 5.92 Å². The maximum atomic E-state index is 12.4. The second-order valence-electron chi connectivity index (χ2n) is 4.95. The Balaban J connectivity index is 2.93. The molecule has 1 unspecified atom stereocenters. The maximum Gasteiger partial charge on any atom is 0.308 e. The molecule has 0 spiro atoms. The maximum absolute atomic E-state index is 12.4. The minimum absolute atomic E-state index is 0.144. The van der Waals surface area contributed by atoms with Crippen LogP contribution in [0.3, 0.4) is 0 Å². The van der Waals surface area contributed by atoms with Crippen molar-refractivity contribution in [3.05, 3.63) is 23.8 Å². The summed E-state index contributed by atoms with van der Waals surface area (Å²) in [6.07, 6.45) is 0. The quantitative estimate of drug-likeness (QED) is 0.797. The van der Waals surface area contributed by atoms with Gasteiger partial charge in [0.15, 0.2) is 11.5 Å². The minimum Gasteiger partial charge on any atom is -0.490 e. The Morgan fingerprint density at radius 2 is 1.77 bits per heavy atom. The predicted molar refractivity (Wildman–Crippen MR) is 82.5 cm³/mol. The van der Waals surface area contributed by atoms with Gasteiger partial charge in [0.25, 0.3) is 5.91 Å². The molecule has 0 aliphatic heterocycles. The van der Waals surface area contributed by atoms with Crippen molar-refractivity contribution in [1.29, 1.82) is 0 Å². The van der Waals surface area contributed by atoms with E-state index in [1.54, 1.807) is 32.2 Å². The highest BCUT2D eigenvalue weighted by molar-refractivity contribution is 5.95. The lowest BCUT2D eigenvalue weighted by Crippen LogP contribution is -2.33. The molecule has 1 atom stereocenters. The van der Waals surface area contributed by atoms with Crippen LogP contribution in [0.25, 0.3) is 0 Å². The molecule has 0 heterocycles. The highest BCUT2D eigenvalue weighted by Gasteiger charge is 2.19. The molecule has 1 aromatic rings. The first kappa shape index (κ1) is 17.8. The highest BCUT2D eigenvalue weighted by Crippen LogP contribution is 2.29. The van der Waals surface area contributed by atoms with E-state index in [0.717, 1.165) is 0 Å². The number of hydrogen-bond acceptors (Lipinski definition) is 4. The van der Waals surface area contributed by atoms with E-state index in [1.165, 1.54) is 4.90 Å². The number of carboxylic acid groups (broad SMARTS) is 1. The normalized spacial score (nSPS) is 11.6. The average Bonchev–Trinajstić information content (AvgIpc) is 2.48. The number of nitrogens with zero attached hydrogens (tertiary/aromatic N) is 1. The topological polar surface area (TPSA) is 76.1 Å². The number of amides is 1. The molecule has 1 rings (SSSR count). The molecule has 0 radical (unpaired) electrons. The minimum atomic E-state index is -0.929. The molecular weight excluding hydrogens is 286 g/mol. The molecule has 1 aromatic carbocycles. The van der Waals surface area contributed by atoms with Crippen molar-refractivity contribution < 1.29 is 24.2 Å². The third-order valence-corrected chi connectivity index (χ3v) is 3.11. The monoisotopic (exact) mass is 309 g/mol. The van der Waals surface area contributed by atoms with Crippen molar-refractivity contribution in [1.82, 2.24) is 4.90 Å². The van der Waals surface area contributed by atoms with Crippen molar-refractivity contribution in [3.63, 3.8) is 0 Å². The first-order valence-corrected chi connectivity index (χ1v) is 7.28. The Morgan fingerprint density at radius 1 is 1.18 bits per heavy atom. The van der Waals surface area contributed by atoms with Gasteiger partial charge in [-0.25, -0.2) is 0 Å². The van der Waals surface area contributed by atoms with Crippen molar-refractivity contribution in [2.75, 3.05) is 26.8 Å². The molecule has 6 heteroatoms. The summed E-state index contributed by atoms with van der Waals surface area (Å²) in [4.78, 5) is 24.6. The van der Waals surface area contributed by atoms with Gasteiger partial charge in [-0.05, 0) is 32.0 Å². The number of carboxylic acids is 1. The van der Waals surface area contributed by atoms with E-state index in [-0.39, 0.29) is 12.5 Å². The van der Waals surface area contributed by atoms with Crippen LogP contribution in [0.5, 0.6) is 11.5 Å². The zero-order valence-corrected chi connectivity index (χ0v) is 13.5. The first-order valence-electron chi connectivity index (χ1n) is 7.28. The van der Waals surface area contributed by atoms with Crippen LogP contribution in [0.2, 0.25) is 0 Å². The molecule has 0 aliphatic rings. The van der Waals surface area contributed by atoms with Gasteiger partial charge in [0.05, 0.1) is 19.1 Å². The van der Waals surface area contributed by atoms with E-state index in [9.17, 15) is 9.59 Å². The van der Waals surface area contributed by atoms with Gasteiger partial charge in [-0.2, -0.15) is 0 Å². The van der Waals surface area contributed by atoms with Gasteiger partial charge < -0.3 is 19.5 Å². The van der Waals surface area contributed by atoms with Gasteiger partial charge in [-0.15, -0.1) is 0 Å². The number of rotatable bonds is 8. The summed E-state index contributed by atoms with van der Waals surface area (Å²) in [6, 6.07) is 4.97. The van der Waals surface area contributed by atoms with Crippen molar-refractivity contribution >= 4 is 11.9 Å². The second-order valence-corrected chi connectivity index (χ2v) is 4.95. The molecule has 1 amide bonds. The molecular formula is C16H23NO5. The summed E-state index contributed by atoms with van der Waals surface area (Å²) in [7, 11) is 1.58. The van der Waals surface area contributed by atoms with E-state index in [1.807, 2.05) is 13.8 Å². The lowest BCUT2D eigenvalue weighted by atomic mass is 10.1. The Labute approximate surface area is 130 Å². The summed E-state index contributed by atoms with van der Waals surface area (Å²) in [5.74, 6) is -0.709. The first-order chi connectivity index (χ1) is 10.4. The predicted octanol–water partition coefficient (Wildman–Crippen LogP) is 2.28. The van der Waals surface area contributed by atoms with E-state index < -0.39 is 11.9 Å². The summed E-state index contributed by atoms with van der Waals surface area (Å²) < 4.78 is 10.9. The van der Waals surface area contributed by atoms with Crippen LogP contribution < -0.4 is 9.47 Å². The number of aliphatic carboxylic acids is 1. The fourth-order valence-electron chi connectivity index (χ4n) is 1.98. The van der Waals surface area contributed by atoms with Crippen molar-refractivity contribution in [3.8, 4) is 11.5 Å².